The number of carboxylic acids is 1. The summed E-state index contributed by atoms with van der Waals surface area (Å²) >= 11 is 0. The molecule has 1 amide bonds. The van der Waals surface area contributed by atoms with Crippen LogP contribution in [0.3, 0.4) is 0 Å². The average Bonchev–Trinajstić information content (AvgIpc) is 3.34. The number of hydrogen-bond donors (Lipinski definition) is 1. The van der Waals surface area contributed by atoms with E-state index < -0.39 is 17.6 Å². The van der Waals surface area contributed by atoms with Gasteiger partial charge in [-0.2, -0.15) is 5.10 Å². The van der Waals surface area contributed by atoms with Gasteiger partial charge in [0, 0.05) is 44.7 Å². The first kappa shape index (κ1) is 17.3. The molecule has 2 aliphatic heterocycles. The molecule has 1 spiro atoms. The zero-order valence-corrected chi connectivity index (χ0v) is 14.7. The van der Waals surface area contributed by atoms with Gasteiger partial charge in [0.05, 0.1) is 0 Å². The number of oxime groups is 1. The molecule has 0 saturated carbocycles. The maximum atomic E-state index is 13.3. The van der Waals surface area contributed by atoms with Crippen LogP contribution in [-0.2, 0) is 14.4 Å². The number of amides is 1. The molecule has 0 bridgehead atoms. The number of carboxylic acid groups (broad SMARTS) is 1. The van der Waals surface area contributed by atoms with Crippen LogP contribution in [0.15, 0.2) is 53.9 Å². The first-order valence-electron chi connectivity index (χ1n) is 8.89. The van der Waals surface area contributed by atoms with E-state index in [0.29, 0.717) is 25.9 Å². The van der Waals surface area contributed by atoms with Gasteiger partial charge in [0.1, 0.15) is 5.60 Å². The zero-order chi connectivity index (χ0) is 18.9. The highest BCUT2D eigenvalue weighted by molar-refractivity contribution is 6.36. The van der Waals surface area contributed by atoms with Gasteiger partial charge in [-0.3, -0.25) is 9.48 Å². The minimum atomic E-state index is -1.05. The molecule has 1 saturated heterocycles. The quantitative estimate of drug-likeness (QED) is 0.886. The Bertz CT molecular complexity index is 855. The highest BCUT2D eigenvalue weighted by atomic mass is 16.7. The van der Waals surface area contributed by atoms with E-state index in [4.69, 9.17) is 9.94 Å². The van der Waals surface area contributed by atoms with Crippen molar-refractivity contribution in [3.8, 4) is 0 Å². The number of benzene rings is 1. The molecule has 8 nitrogen and oxygen atoms in total. The van der Waals surface area contributed by atoms with Gasteiger partial charge in [0.15, 0.2) is 11.8 Å². The number of carbonyl (C=O) groups is 2. The second-order valence-corrected chi connectivity index (χ2v) is 6.92. The minimum Gasteiger partial charge on any atom is -0.477 e. The van der Waals surface area contributed by atoms with E-state index in [1.165, 1.54) is 0 Å². The summed E-state index contributed by atoms with van der Waals surface area (Å²) in [5, 5.41) is 17.1. The van der Waals surface area contributed by atoms with Crippen LogP contribution in [0.5, 0.6) is 0 Å². The predicted octanol–water partition coefficient (Wildman–Crippen LogP) is 1.69. The topological polar surface area (TPSA) is 97.0 Å². The second kappa shape index (κ2) is 6.86. The van der Waals surface area contributed by atoms with E-state index in [0.717, 1.165) is 5.56 Å². The highest BCUT2D eigenvalue weighted by Crippen LogP contribution is 2.35. The fourth-order valence-corrected chi connectivity index (χ4v) is 3.69. The van der Waals surface area contributed by atoms with Crippen molar-refractivity contribution >= 4 is 17.6 Å². The number of aromatic nitrogens is 2. The van der Waals surface area contributed by atoms with Gasteiger partial charge >= 0.3 is 5.97 Å². The van der Waals surface area contributed by atoms with Crippen LogP contribution in [0.1, 0.15) is 30.9 Å². The Morgan fingerprint density at radius 2 is 1.89 bits per heavy atom. The maximum absolute atomic E-state index is 13.3. The lowest BCUT2D eigenvalue weighted by molar-refractivity contribution is -0.139. The molecule has 0 aliphatic carbocycles. The lowest BCUT2D eigenvalue weighted by Crippen LogP contribution is -2.49. The average molecular weight is 368 g/mol. The van der Waals surface area contributed by atoms with Crippen LogP contribution in [0, 0.1) is 0 Å². The van der Waals surface area contributed by atoms with Crippen LogP contribution in [0.25, 0.3) is 0 Å². The molecule has 4 rings (SSSR count). The Hall–Kier alpha value is -3.16. The molecule has 1 fully saturated rings. The lowest BCUT2D eigenvalue weighted by Gasteiger charge is -2.38. The van der Waals surface area contributed by atoms with Gasteiger partial charge in [0.2, 0.25) is 0 Å². The summed E-state index contributed by atoms with van der Waals surface area (Å²) in [6, 6.07) is 10.8. The molecule has 8 heteroatoms. The van der Waals surface area contributed by atoms with Gasteiger partial charge in [-0.1, -0.05) is 35.5 Å². The van der Waals surface area contributed by atoms with Gasteiger partial charge in [-0.15, -0.1) is 0 Å². The number of rotatable bonds is 4. The molecule has 140 valence electrons. The summed E-state index contributed by atoms with van der Waals surface area (Å²) in [7, 11) is 0. The summed E-state index contributed by atoms with van der Waals surface area (Å²) in [6.07, 6.45) is 4.84. The smallest absolute Gasteiger partial charge is 0.353 e. The second-order valence-electron chi connectivity index (χ2n) is 6.92. The molecule has 0 radical (unpaired) electrons. The molecule has 3 heterocycles. The molecule has 27 heavy (non-hydrogen) atoms. The number of nitrogens with zero attached hydrogens (tertiary/aromatic N) is 4. The van der Waals surface area contributed by atoms with Crippen LogP contribution in [-0.4, -0.2) is 56.1 Å². The summed E-state index contributed by atoms with van der Waals surface area (Å²) in [6.45, 7) is 0.984. The monoisotopic (exact) mass is 368 g/mol. The minimum absolute atomic E-state index is 0.0304. The number of likely N-dealkylation sites (tertiary alicyclic amines) is 1. The van der Waals surface area contributed by atoms with Crippen molar-refractivity contribution in [1.29, 1.82) is 0 Å². The molecule has 2 aromatic rings. The SMILES string of the molecule is O=C(O)C1=NOC2(CCN(C(=O)C(c3ccccc3)n3cccn3)CC2)C1. The summed E-state index contributed by atoms with van der Waals surface area (Å²) in [4.78, 5) is 31.6. The molecule has 1 unspecified atom stereocenters. The standard InChI is InChI=1S/C19H20N4O4/c24-17(16(23-10-4-9-20-23)14-5-2-1-3-6-14)22-11-7-19(8-12-22)13-15(18(25)26)21-27-19/h1-6,9-10,16H,7-8,11-13H2,(H,25,26). The van der Waals surface area contributed by atoms with Crippen molar-refractivity contribution in [2.45, 2.75) is 30.9 Å². The van der Waals surface area contributed by atoms with Crippen molar-refractivity contribution in [1.82, 2.24) is 14.7 Å². The predicted molar refractivity (Wildman–Crippen MR) is 96.1 cm³/mol. The largest absolute Gasteiger partial charge is 0.477 e. The third-order valence-corrected chi connectivity index (χ3v) is 5.21. The Kier molecular flexibility index (Phi) is 4.39. The van der Waals surface area contributed by atoms with Crippen LogP contribution >= 0.6 is 0 Å². The lowest BCUT2D eigenvalue weighted by atomic mass is 9.86. The Labute approximate surface area is 156 Å². The molecular formula is C19H20N4O4. The Morgan fingerprint density at radius 1 is 1.15 bits per heavy atom. The highest BCUT2D eigenvalue weighted by Gasteiger charge is 2.45. The molecule has 2 aliphatic rings. The van der Waals surface area contributed by atoms with Crippen molar-refractivity contribution in [2.24, 2.45) is 5.16 Å². The Balaban J connectivity index is 1.49. The zero-order valence-electron chi connectivity index (χ0n) is 14.7. The number of aliphatic carboxylic acids is 1. The molecule has 1 atom stereocenters. The van der Waals surface area contributed by atoms with Crippen LogP contribution in [0.4, 0.5) is 0 Å². The van der Waals surface area contributed by atoms with E-state index in [-0.39, 0.29) is 18.0 Å². The van der Waals surface area contributed by atoms with Gasteiger partial charge in [-0.05, 0) is 11.6 Å². The van der Waals surface area contributed by atoms with E-state index in [1.54, 1.807) is 28.0 Å². The first-order valence-corrected chi connectivity index (χ1v) is 8.89. The van der Waals surface area contributed by atoms with Crippen LogP contribution < -0.4 is 0 Å². The van der Waals surface area contributed by atoms with Crippen molar-refractivity contribution in [3.63, 3.8) is 0 Å². The van der Waals surface area contributed by atoms with E-state index in [9.17, 15) is 9.59 Å². The molecular weight excluding hydrogens is 348 g/mol. The fraction of sp³-hybridized carbons (Fsp3) is 0.368. The number of piperidine rings is 1. The summed E-state index contributed by atoms with van der Waals surface area (Å²) in [5.74, 6) is -1.08. The number of hydrogen-bond acceptors (Lipinski definition) is 5. The van der Waals surface area contributed by atoms with E-state index in [1.807, 2.05) is 30.3 Å². The normalized spacial score (nSPS) is 19.4. The third-order valence-electron chi connectivity index (χ3n) is 5.21. The van der Waals surface area contributed by atoms with E-state index in [2.05, 4.69) is 10.3 Å². The third kappa shape index (κ3) is 3.30. The summed E-state index contributed by atoms with van der Waals surface area (Å²) < 4.78 is 1.67. The van der Waals surface area contributed by atoms with Crippen molar-refractivity contribution in [3.05, 3.63) is 54.4 Å². The van der Waals surface area contributed by atoms with Gasteiger partial charge in [-0.25, -0.2) is 4.79 Å². The molecule has 1 N–H and O–H groups in total. The Morgan fingerprint density at radius 3 is 2.48 bits per heavy atom. The number of carbonyl (C=O) groups excluding carboxylic acids is 1. The first-order chi connectivity index (χ1) is 13.1. The van der Waals surface area contributed by atoms with E-state index >= 15 is 0 Å². The van der Waals surface area contributed by atoms with Crippen molar-refractivity contribution < 1.29 is 19.5 Å². The van der Waals surface area contributed by atoms with Gasteiger partial charge in [0.25, 0.3) is 5.91 Å². The molecule has 1 aromatic heterocycles. The van der Waals surface area contributed by atoms with Gasteiger partial charge < -0.3 is 14.8 Å². The van der Waals surface area contributed by atoms with Crippen LogP contribution in [0.2, 0.25) is 0 Å². The maximum Gasteiger partial charge on any atom is 0.353 e. The summed E-state index contributed by atoms with van der Waals surface area (Å²) in [5.41, 5.74) is 0.326. The fourth-order valence-electron chi connectivity index (χ4n) is 3.69. The molecule has 1 aromatic carbocycles. The van der Waals surface area contributed by atoms with Crippen molar-refractivity contribution in [2.75, 3.05) is 13.1 Å².